The Labute approximate surface area is 106 Å². The molecule has 0 fully saturated rings. The molecule has 0 spiro atoms. The van der Waals surface area contributed by atoms with Gasteiger partial charge in [0.1, 0.15) is 17.7 Å². The van der Waals surface area contributed by atoms with Gasteiger partial charge in [0.2, 0.25) is 0 Å². The number of rotatable bonds is 4. The molecule has 19 heavy (non-hydrogen) atoms. The molecule has 6 nitrogen and oxygen atoms in total. The number of benzene rings is 1. The minimum Gasteiger partial charge on any atom is -0.480 e. The van der Waals surface area contributed by atoms with Gasteiger partial charge >= 0.3 is 5.97 Å². The third-order valence-electron chi connectivity index (χ3n) is 2.40. The standard InChI is InChI=1S/C11H10F2N4O2/c12-6-1-7(13)3-9(2-6)17-5-8(15-16-17)4-10(14)11(18)19/h1-3,5,10H,4,14H2,(H,18,19). The topological polar surface area (TPSA) is 94.0 Å². The molecule has 1 atom stereocenters. The van der Waals surface area contributed by atoms with Gasteiger partial charge in [-0.3, -0.25) is 4.79 Å². The lowest BCUT2D eigenvalue weighted by Crippen LogP contribution is -2.32. The van der Waals surface area contributed by atoms with Gasteiger partial charge in [0.15, 0.2) is 0 Å². The maximum atomic E-state index is 13.0. The Balaban J connectivity index is 2.23. The highest BCUT2D eigenvalue weighted by Crippen LogP contribution is 2.12. The summed E-state index contributed by atoms with van der Waals surface area (Å²) in [5.74, 6) is -2.64. The van der Waals surface area contributed by atoms with E-state index in [0.717, 1.165) is 22.9 Å². The van der Waals surface area contributed by atoms with Gasteiger partial charge in [-0.2, -0.15) is 0 Å². The molecule has 0 bridgehead atoms. The summed E-state index contributed by atoms with van der Waals surface area (Å²) in [5.41, 5.74) is 5.82. The Bertz CT molecular complexity index is 594. The summed E-state index contributed by atoms with van der Waals surface area (Å²) in [4.78, 5) is 10.6. The number of carboxylic acid groups (broad SMARTS) is 1. The second-order valence-electron chi connectivity index (χ2n) is 3.93. The van der Waals surface area contributed by atoms with Crippen LogP contribution in [0.15, 0.2) is 24.4 Å². The van der Waals surface area contributed by atoms with Gasteiger partial charge in [0, 0.05) is 12.5 Å². The van der Waals surface area contributed by atoms with Crippen LogP contribution in [0.5, 0.6) is 0 Å². The summed E-state index contributed by atoms with van der Waals surface area (Å²) < 4.78 is 27.2. The highest BCUT2D eigenvalue weighted by atomic mass is 19.1. The van der Waals surface area contributed by atoms with E-state index in [1.54, 1.807) is 0 Å². The lowest BCUT2D eigenvalue weighted by Gasteiger charge is -2.02. The fraction of sp³-hybridized carbons (Fsp3) is 0.182. The fourth-order valence-corrected chi connectivity index (χ4v) is 1.50. The molecule has 3 N–H and O–H groups in total. The van der Waals surface area contributed by atoms with Crippen LogP contribution in [-0.2, 0) is 11.2 Å². The van der Waals surface area contributed by atoms with E-state index in [1.807, 2.05) is 0 Å². The highest BCUT2D eigenvalue weighted by molar-refractivity contribution is 5.73. The first-order valence-electron chi connectivity index (χ1n) is 5.32. The first-order chi connectivity index (χ1) is 8.95. The van der Waals surface area contributed by atoms with E-state index in [0.29, 0.717) is 5.69 Å². The number of nitrogens with two attached hydrogens (primary N) is 1. The molecule has 0 saturated heterocycles. The largest absolute Gasteiger partial charge is 0.480 e. The van der Waals surface area contributed by atoms with Gasteiger partial charge in [-0.05, 0) is 12.1 Å². The summed E-state index contributed by atoms with van der Waals surface area (Å²) in [6, 6.07) is 1.80. The molecule has 1 aromatic carbocycles. The van der Waals surface area contributed by atoms with Crippen molar-refractivity contribution < 1.29 is 18.7 Å². The van der Waals surface area contributed by atoms with Crippen LogP contribution in [0.3, 0.4) is 0 Å². The van der Waals surface area contributed by atoms with Crippen LogP contribution in [0.25, 0.3) is 5.69 Å². The van der Waals surface area contributed by atoms with E-state index in [2.05, 4.69) is 10.3 Å². The lowest BCUT2D eigenvalue weighted by atomic mass is 10.2. The maximum absolute atomic E-state index is 13.0. The molecule has 0 radical (unpaired) electrons. The minimum atomic E-state index is -1.16. The lowest BCUT2D eigenvalue weighted by molar-refractivity contribution is -0.138. The van der Waals surface area contributed by atoms with E-state index in [-0.39, 0.29) is 12.1 Å². The van der Waals surface area contributed by atoms with Crippen molar-refractivity contribution in [1.82, 2.24) is 15.0 Å². The quantitative estimate of drug-likeness (QED) is 0.842. The molecule has 0 aliphatic carbocycles. The van der Waals surface area contributed by atoms with Crippen molar-refractivity contribution in [2.45, 2.75) is 12.5 Å². The summed E-state index contributed by atoms with van der Waals surface area (Å²) in [6.07, 6.45) is 1.35. The zero-order chi connectivity index (χ0) is 14.0. The molecule has 2 rings (SSSR count). The van der Waals surface area contributed by atoms with Crippen molar-refractivity contribution in [3.05, 3.63) is 41.7 Å². The van der Waals surface area contributed by atoms with Crippen LogP contribution in [0.1, 0.15) is 5.69 Å². The van der Waals surface area contributed by atoms with Crippen LogP contribution in [0, 0.1) is 11.6 Å². The maximum Gasteiger partial charge on any atom is 0.320 e. The normalized spacial score (nSPS) is 12.4. The third kappa shape index (κ3) is 3.10. The molecule has 0 aliphatic heterocycles. The summed E-state index contributed by atoms with van der Waals surface area (Å²) in [6.45, 7) is 0. The van der Waals surface area contributed by atoms with Gasteiger partial charge in [-0.25, -0.2) is 13.5 Å². The molecule has 0 amide bonds. The van der Waals surface area contributed by atoms with Crippen LogP contribution >= 0.6 is 0 Å². The number of hydrogen-bond acceptors (Lipinski definition) is 4. The zero-order valence-corrected chi connectivity index (χ0v) is 9.62. The Kier molecular flexibility index (Phi) is 3.52. The first-order valence-corrected chi connectivity index (χ1v) is 5.32. The Morgan fingerprint density at radius 2 is 2.00 bits per heavy atom. The monoisotopic (exact) mass is 268 g/mol. The molecule has 0 saturated carbocycles. The molecule has 100 valence electrons. The average Bonchev–Trinajstić information content (AvgIpc) is 2.76. The van der Waals surface area contributed by atoms with Crippen molar-refractivity contribution in [1.29, 1.82) is 0 Å². The minimum absolute atomic E-state index is 0.0207. The Morgan fingerprint density at radius 3 is 2.58 bits per heavy atom. The van der Waals surface area contributed by atoms with Crippen molar-refractivity contribution in [2.24, 2.45) is 5.73 Å². The van der Waals surface area contributed by atoms with Gasteiger partial charge in [-0.1, -0.05) is 5.21 Å². The van der Waals surface area contributed by atoms with Gasteiger partial charge in [0.25, 0.3) is 0 Å². The van der Waals surface area contributed by atoms with Crippen LogP contribution < -0.4 is 5.73 Å². The molecule has 1 aromatic heterocycles. The molecule has 8 heteroatoms. The van der Waals surface area contributed by atoms with Gasteiger partial charge in [-0.15, -0.1) is 5.10 Å². The summed E-state index contributed by atoms with van der Waals surface area (Å²) in [5, 5.41) is 16.0. The molecular weight excluding hydrogens is 258 g/mol. The van der Waals surface area contributed by atoms with E-state index in [9.17, 15) is 13.6 Å². The van der Waals surface area contributed by atoms with Crippen molar-refractivity contribution >= 4 is 5.97 Å². The Morgan fingerprint density at radius 1 is 1.37 bits per heavy atom. The SMILES string of the molecule is NC(Cc1cn(-c2cc(F)cc(F)c2)nn1)C(=O)O. The van der Waals surface area contributed by atoms with Crippen LogP contribution in [0.4, 0.5) is 8.78 Å². The van der Waals surface area contributed by atoms with Gasteiger partial charge < -0.3 is 10.8 Å². The van der Waals surface area contributed by atoms with Gasteiger partial charge in [0.05, 0.1) is 17.6 Å². The van der Waals surface area contributed by atoms with Crippen LogP contribution in [0.2, 0.25) is 0 Å². The Hall–Kier alpha value is -2.35. The number of hydrogen-bond donors (Lipinski definition) is 2. The van der Waals surface area contributed by atoms with E-state index < -0.39 is 23.6 Å². The zero-order valence-electron chi connectivity index (χ0n) is 9.62. The number of halogens is 2. The third-order valence-corrected chi connectivity index (χ3v) is 2.40. The predicted molar refractivity (Wildman–Crippen MR) is 60.6 cm³/mol. The molecule has 0 aliphatic rings. The second kappa shape index (κ2) is 5.11. The number of aromatic nitrogens is 3. The highest BCUT2D eigenvalue weighted by Gasteiger charge is 2.15. The predicted octanol–water partition coefficient (Wildman–Crippen LogP) is 0.500. The fourth-order valence-electron chi connectivity index (χ4n) is 1.50. The molecule has 1 unspecified atom stereocenters. The number of carboxylic acids is 1. The van der Waals surface area contributed by atoms with Crippen molar-refractivity contribution in [2.75, 3.05) is 0 Å². The van der Waals surface area contributed by atoms with Crippen LogP contribution in [-0.4, -0.2) is 32.1 Å². The number of nitrogens with zero attached hydrogens (tertiary/aromatic N) is 3. The number of aliphatic carboxylic acids is 1. The first kappa shape index (κ1) is 13.1. The molecule has 2 aromatic rings. The molecule has 1 heterocycles. The second-order valence-corrected chi connectivity index (χ2v) is 3.93. The smallest absolute Gasteiger partial charge is 0.320 e. The molecular formula is C11H10F2N4O2. The van der Waals surface area contributed by atoms with Crippen molar-refractivity contribution in [3.8, 4) is 5.69 Å². The number of carbonyl (C=O) groups is 1. The van der Waals surface area contributed by atoms with E-state index in [4.69, 9.17) is 10.8 Å². The van der Waals surface area contributed by atoms with E-state index in [1.165, 1.54) is 6.20 Å². The summed E-state index contributed by atoms with van der Waals surface area (Å²) >= 11 is 0. The van der Waals surface area contributed by atoms with E-state index >= 15 is 0 Å². The average molecular weight is 268 g/mol. The summed E-state index contributed by atoms with van der Waals surface area (Å²) in [7, 11) is 0. The van der Waals surface area contributed by atoms with Crippen molar-refractivity contribution in [3.63, 3.8) is 0 Å².